The minimum atomic E-state index is -0.391. The minimum Gasteiger partial charge on any atom is -0.436 e. The van der Waals surface area contributed by atoms with E-state index in [0.717, 1.165) is 5.56 Å². The molecule has 0 saturated carbocycles. The number of aromatic nitrogens is 1. The van der Waals surface area contributed by atoms with Crippen LogP contribution in [0.25, 0.3) is 0 Å². The largest absolute Gasteiger partial charge is 0.436 e. The van der Waals surface area contributed by atoms with E-state index in [4.69, 9.17) is 10.5 Å². The van der Waals surface area contributed by atoms with Crippen molar-refractivity contribution < 1.29 is 9.13 Å². The molecule has 2 N–H and O–H groups in total. The molecule has 0 fully saturated rings. The SMILES string of the molecule is Cc1cccnc1Oc1cc(F)ccc1N. The van der Waals surface area contributed by atoms with E-state index < -0.39 is 5.82 Å². The van der Waals surface area contributed by atoms with Gasteiger partial charge in [-0.05, 0) is 25.1 Å². The number of rotatable bonds is 2. The summed E-state index contributed by atoms with van der Waals surface area (Å²) in [4.78, 5) is 4.04. The van der Waals surface area contributed by atoms with Crippen LogP contribution in [0.1, 0.15) is 5.56 Å². The molecule has 0 bridgehead atoms. The Kier molecular flexibility index (Phi) is 2.72. The van der Waals surface area contributed by atoms with Crippen LogP contribution >= 0.6 is 0 Å². The molecule has 1 aromatic carbocycles. The Balaban J connectivity index is 2.34. The first-order valence-corrected chi connectivity index (χ1v) is 4.81. The summed E-state index contributed by atoms with van der Waals surface area (Å²) in [5.74, 6) is 0.319. The molecule has 0 atom stereocenters. The van der Waals surface area contributed by atoms with Crippen LogP contribution in [0, 0.1) is 12.7 Å². The van der Waals surface area contributed by atoms with E-state index in [1.54, 1.807) is 12.3 Å². The van der Waals surface area contributed by atoms with Gasteiger partial charge in [0.2, 0.25) is 5.88 Å². The summed E-state index contributed by atoms with van der Waals surface area (Å²) >= 11 is 0. The Bertz CT molecular complexity index is 514. The summed E-state index contributed by atoms with van der Waals surface area (Å²) in [7, 11) is 0. The molecule has 2 rings (SSSR count). The Hall–Kier alpha value is -2.10. The predicted octanol–water partition coefficient (Wildman–Crippen LogP) is 2.90. The predicted molar refractivity (Wildman–Crippen MR) is 59.9 cm³/mol. The van der Waals surface area contributed by atoms with E-state index in [9.17, 15) is 4.39 Å². The van der Waals surface area contributed by atoms with Gasteiger partial charge in [-0.1, -0.05) is 6.07 Å². The van der Waals surface area contributed by atoms with Crippen LogP contribution in [0.3, 0.4) is 0 Å². The van der Waals surface area contributed by atoms with Gasteiger partial charge in [0.05, 0.1) is 5.69 Å². The fourth-order valence-corrected chi connectivity index (χ4v) is 1.28. The molecule has 0 amide bonds. The zero-order chi connectivity index (χ0) is 11.5. The molecule has 2 aromatic rings. The maximum atomic E-state index is 13.0. The minimum absolute atomic E-state index is 0.279. The lowest BCUT2D eigenvalue weighted by molar-refractivity contribution is 0.456. The number of nitrogens with two attached hydrogens (primary N) is 1. The zero-order valence-corrected chi connectivity index (χ0v) is 8.77. The van der Waals surface area contributed by atoms with Gasteiger partial charge >= 0.3 is 0 Å². The van der Waals surface area contributed by atoms with Crippen molar-refractivity contribution in [3.05, 3.63) is 47.9 Å². The van der Waals surface area contributed by atoms with Crippen LogP contribution in [0.15, 0.2) is 36.5 Å². The number of hydrogen-bond acceptors (Lipinski definition) is 3. The fourth-order valence-electron chi connectivity index (χ4n) is 1.28. The Morgan fingerprint density at radius 3 is 2.88 bits per heavy atom. The fraction of sp³-hybridized carbons (Fsp3) is 0.0833. The number of nitrogens with zero attached hydrogens (tertiary/aromatic N) is 1. The molecule has 16 heavy (non-hydrogen) atoms. The summed E-state index contributed by atoms with van der Waals surface area (Å²) in [6, 6.07) is 7.65. The molecule has 3 nitrogen and oxygen atoms in total. The van der Waals surface area contributed by atoms with Crippen molar-refractivity contribution in [1.82, 2.24) is 4.98 Å². The van der Waals surface area contributed by atoms with Crippen LogP contribution in [0.2, 0.25) is 0 Å². The van der Waals surface area contributed by atoms with Gasteiger partial charge in [0.25, 0.3) is 0 Å². The van der Waals surface area contributed by atoms with Gasteiger partial charge in [0, 0.05) is 17.8 Å². The third-order valence-corrected chi connectivity index (χ3v) is 2.14. The highest BCUT2D eigenvalue weighted by Crippen LogP contribution is 2.28. The zero-order valence-electron chi connectivity index (χ0n) is 8.77. The third kappa shape index (κ3) is 2.11. The Morgan fingerprint density at radius 1 is 1.31 bits per heavy atom. The number of hydrogen-bond donors (Lipinski definition) is 1. The van der Waals surface area contributed by atoms with E-state index >= 15 is 0 Å². The van der Waals surface area contributed by atoms with Crippen LogP contribution < -0.4 is 10.5 Å². The number of aryl methyl sites for hydroxylation is 1. The standard InChI is InChI=1S/C12H11FN2O/c1-8-3-2-6-15-12(8)16-11-7-9(13)4-5-10(11)14/h2-7H,14H2,1H3. The molecule has 1 aromatic heterocycles. The van der Waals surface area contributed by atoms with Gasteiger partial charge in [-0.3, -0.25) is 0 Å². The Labute approximate surface area is 92.7 Å². The molecular formula is C12H11FN2O. The van der Waals surface area contributed by atoms with Crippen LogP contribution in [0.4, 0.5) is 10.1 Å². The lowest BCUT2D eigenvalue weighted by Crippen LogP contribution is -1.95. The molecule has 0 aliphatic carbocycles. The first-order valence-electron chi connectivity index (χ1n) is 4.81. The maximum Gasteiger partial charge on any atom is 0.222 e. The number of ether oxygens (including phenoxy) is 1. The van der Waals surface area contributed by atoms with Crippen molar-refractivity contribution in [3.63, 3.8) is 0 Å². The summed E-state index contributed by atoms with van der Waals surface area (Å²) in [5.41, 5.74) is 6.92. The normalized spacial score (nSPS) is 10.1. The Morgan fingerprint density at radius 2 is 2.12 bits per heavy atom. The van der Waals surface area contributed by atoms with E-state index in [0.29, 0.717) is 11.6 Å². The monoisotopic (exact) mass is 218 g/mol. The topological polar surface area (TPSA) is 48.1 Å². The van der Waals surface area contributed by atoms with Crippen molar-refractivity contribution in [2.24, 2.45) is 0 Å². The number of halogens is 1. The lowest BCUT2D eigenvalue weighted by Gasteiger charge is -2.09. The first kappa shape index (κ1) is 10.4. The molecule has 0 aliphatic heterocycles. The second kappa shape index (κ2) is 4.18. The molecule has 0 aliphatic rings. The van der Waals surface area contributed by atoms with E-state index in [1.165, 1.54) is 18.2 Å². The van der Waals surface area contributed by atoms with Crippen molar-refractivity contribution in [1.29, 1.82) is 0 Å². The highest BCUT2D eigenvalue weighted by Gasteiger charge is 2.06. The molecular weight excluding hydrogens is 207 g/mol. The van der Waals surface area contributed by atoms with Gasteiger partial charge in [-0.2, -0.15) is 0 Å². The average molecular weight is 218 g/mol. The van der Waals surface area contributed by atoms with Crippen LogP contribution in [0.5, 0.6) is 11.6 Å². The lowest BCUT2D eigenvalue weighted by atomic mass is 10.3. The second-order valence-electron chi connectivity index (χ2n) is 3.41. The summed E-state index contributed by atoms with van der Waals surface area (Å²) in [5, 5.41) is 0. The molecule has 0 saturated heterocycles. The first-order chi connectivity index (χ1) is 7.66. The molecule has 0 radical (unpaired) electrons. The van der Waals surface area contributed by atoms with Gasteiger partial charge in [-0.25, -0.2) is 9.37 Å². The maximum absolute atomic E-state index is 13.0. The third-order valence-electron chi connectivity index (χ3n) is 2.14. The van der Waals surface area contributed by atoms with Crippen LogP contribution in [-0.4, -0.2) is 4.98 Å². The van der Waals surface area contributed by atoms with Gasteiger partial charge in [0.15, 0.2) is 5.75 Å². The van der Waals surface area contributed by atoms with Crippen LogP contribution in [-0.2, 0) is 0 Å². The number of anilines is 1. The quantitative estimate of drug-likeness (QED) is 0.788. The van der Waals surface area contributed by atoms with Crippen molar-refractivity contribution in [2.45, 2.75) is 6.92 Å². The summed E-state index contributed by atoms with van der Waals surface area (Å²) < 4.78 is 18.4. The highest BCUT2D eigenvalue weighted by molar-refractivity contribution is 5.53. The van der Waals surface area contributed by atoms with Crippen molar-refractivity contribution >= 4 is 5.69 Å². The molecule has 0 spiro atoms. The molecule has 1 heterocycles. The number of pyridine rings is 1. The van der Waals surface area contributed by atoms with Crippen molar-refractivity contribution in [3.8, 4) is 11.6 Å². The number of benzene rings is 1. The van der Waals surface area contributed by atoms with Gasteiger partial charge in [-0.15, -0.1) is 0 Å². The van der Waals surface area contributed by atoms with E-state index in [2.05, 4.69) is 4.98 Å². The van der Waals surface area contributed by atoms with Gasteiger partial charge < -0.3 is 10.5 Å². The van der Waals surface area contributed by atoms with E-state index in [1.807, 2.05) is 13.0 Å². The number of nitrogen functional groups attached to an aromatic ring is 1. The average Bonchev–Trinajstić information content (AvgIpc) is 2.27. The summed E-state index contributed by atoms with van der Waals surface area (Å²) in [6.45, 7) is 1.86. The highest BCUT2D eigenvalue weighted by atomic mass is 19.1. The van der Waals surface area contributed by atoms with Crippen molar-refractivity contribution in [2.75, 3.05) is 5.73 Å². The molecule has 82 valence electrons. The smallest absolute Gasteiger partial charge is 0.222 e. The van der Waals surface area contributed by atoms with Gasteiger partial charge in [0.1, 0.15) is 5.82 Å². The van der Waals surface area contributed by atoms with E-state index in [-0.39, 0.29) is 5.75 Å². The molecule has 4 heteroatoms. The second-order valence-corrected chi connectivity index (χ2v) is 3.41. The molecule has 0 unspecified atom stereocenters. The summed E-state index contributed by atoms with van der Waals surface area (Å²) in [6.07, 6.45) is 1.61.